The van der Waals surface area contributed by atoms with Crippen molar-refractivity contribution in [3.05, 3.63) is 84.2 Å². The summed E-state index contributed by atoms with van der Waals surface area (Å²) in [7, 11) is 0. The number of para-hydroxylation sites is 1. The Morgan fingerprint density at radius 1 is 1.03 bits per heavy atom. The van der Waals surface area contributed by atoms with Crippen LogP contribution in [-0.4, -0.2) is 31.4 Å². The Hall–Kier alpha value is -3.45. The number of carbonyl (C=O) groups excluding carboxylic acids is 1. The van der Waals surface area contributed by atoms with Crippen molar-refractivity contribution in [2.45, 2.75) is 25.4 Å². The fourth-order valence-electron chi connectivity index (χ4n) is 3.23. The van der Waals surface area contributed by atoms with E-state index in [2.05, 4.69) is 27.4 Å². The van der Waals surface area contributed by atoms with E-state index in [1.165, 1.54) is 17.3 Å². The zero-order chi connectivity index (χ0) is 21.6. The lowest BCUT2D eigenvalue weighted by Gasteiger charge is -2.12. The van der Waals surface area contributed by atoms with Crippen LogP contribution in [0.25, 0.3) is 17.1 Å². The minimum Gasteiger partial charge on any atom is -0.325 e. The second-order valence-electron chi connectivity index (χ2n) is 7.06. The first kappa shape index (κ1) is 20.8. The van der Waals surface area contributed by atoms with Gasteiger partial charge in [0.25, 0.3) is 0 Å². The Morgan fingerprint density at radius 2 is 1.84 bits per heavy atom. The zero-order valence-corrected chi connectivity index (χ0v) is 18.3. The van der Waals surface area contributed by atoms with Crippen LogP contribution in [0.15, 0.2) is 78.2 Å². The number of nitrogens with one attached hydrogen (secondary N) is 1. The molecular weight excluding hydrogens is 406 g/mol. The standard InChI is InChI=1S/C24H23N5OS/c1-3-18-10-12-20(13-11-18)26-22(30)16-31-24-28-27-23(19-8-6-14-25-15-19)29(24)21-9-5-4-7-17(21)2/h4-15H,3,16H2,1-2H3,(H,26,30). The SMILES string of the molecule is CCc1ccc(NC(=O)CSc2nnc(-c3cccnc3)n2-c2ccccc2C)cc1. The van der Waals surface area contributed by atoms with Gasteiger partial charge in [0.05, 0.1) is 11.4 Å². The lowest BCUT2D eigenvalue weighted by molar-refractivity contribution is -0.113. The third-order valence-electron chi connectivity index (χ3n) is 4.89. The van der Waals surface area contributed by atoms with Gasteiger partial charge in [0.2, 0.25) is 5.91 Å². The van der Waals surface area contributed by atoms with Gasteiger partial charge in [-0.25, -0.2) is 0 Å². The molecule has 4 aromatic rings. The van der Waals surface area contributed by atoms with Gasteiger partial charge >= 0.3 is 0 Å². The fraction of sp³-hybridized carbons (Fsp3) is 0.167. The number of aryl methyl sites for hydroxylation is 2. The number of nitrogens with zero attached hydrogens (tertiary/aromatic N) is 4. The molecule has 2 aromatic carbocycles. The van der Waals surface area contributed by atoms with Crippen molar-refractivity contribution in [3.63, 3.8) is 0 Å². The van der Waals surface area contributed by atoms with Gasteiger partial charge in [0.15, 0.2) is 11.0 Å². The molecule has 2 heterocycles. The van der Waals surface area contributed by atoms with Gasteiger partial charge in [-0.2, -0.15) is 0 Å². The van der Waals surface area contributed by atoms with Crippen LogP contribution in [0.2, 0.25) is 0 Å². The summed E-state index contributed by atoms with van der Waals surface area (Å²) in [6.07, 6.45) is 4.46. The van der Waals surface area contributed by atoms with Gasteiger partial charge in [-0.1, -0.05) is 49.0 Å². The van der Waals surface area contributed by atoms with Crippen LogP contribution in [0, 0.1) is 6.92 Å². The molecule has 0 fully saturated rings. The van der Waals surface area contributed by atoms with Gasteiger partial charge in [0.1, 0.15) is 0 Å². The summed E-state index contributed by atoms with van der Waals surface area (Å²) in [6.45, 7) is 4.15. The topological polar surface area (TPSA) is 72.7 Å². The molecule has 0 aliphatic carbocycles. The molecule has 0 radical (unpaired) electrons. The van der Waals surface area contributed by atoms with Crippen LogP contribution in [0.3, 0.4) is 0 Å². The van der Waals surface area contributed by atoms with Crippen LogP contribution < -0.4 is 5.32 Å². The molecule has 0 spiro atoms. The first-order valence-electron chi connectivity index (χ1n) is 10.1. The first-order valence-corrected chi connectivity index (χ1v) is 11.1. The molecule has 0 atom stereocenters. The van der Waals surface area contributed by atoms with Crippen LogP contribution in [0.4, 0.5) is 5.69 Å². The quantitative estimate of drug-likeness (QED) is 0.422. The molecule has 0 aliphatic heterocycles. The highest BCUT2D eigenvalue weighted by atomic mass is 32.2. The van der Waals surface area contributed by atoms with Crippen LogP contribution >= 0.6 is 11.8 Å². The zero-order valence-electron chi connectivity index (χ0n) is 17.4. The fourth-order valence-corrected chi connectivity index (χ4v) is 3.97. The third-order valence-corrected chi connectivity index (χ3v) is 5.82. The molecule has 31 heavy (non-hydrogen) atoms. The second kappa shape index (κ2) is 9.57. The van der Waals surface area contributed by atoms with E-state index in [0.29, 0.717) is 11.0 Å². The van der Waals surface area contributed by atoms with E-state index in [4.69, 9.17) is 0 Å². The molecule has 0 saturated carbocycles. The average molecular weight is 430 g/mol. The molecular formula is C24H23N5OS. The summed E-state index contributed by atoms with van der Waals surface area (Å²) in [6, 6.07) is 19.8. The highest BCUT2D eigenvalue weighted by molar-refractivity contribution is 7.99. The predicted octanol–water partition coefficient (Wildman–Crippen LogP) is 4.93. The number of rotatable bonds is 7. The molecule has 4 rings (SSSR count). The maximum absolute atomic E-state index is 12.5. The van der Waals surface area contributed by atoms with E-state index in [9.17, 15) is 4.79 Å². The lowest BCUT2D eigenvalue weighted by Crippen LogP contribution is -2.14. The largest absolute Gasteiger partial charge is 0.325 e. The summed E-state index contributed by atoms with van der Waals surface area (Å²) in [5.74, 6) is 0.837. The number of aromatic nitrogens is 4. The summed E-state index contributed by atoms with van der Waals surface area (Å²) < 4.78 is 1.99. The van der Waals surface area contributed by atoms with Crippen molar-refractivity contribution in [2.75, 3.05) is 11.1 Å². The second-order valence-corrected chi connectivity index (χ2v) is 8.00. The average Bonchev–Trinajstić information content (AvgIpc) is 3.23. The number of hydrogen-bond acceptors (Lipinski definition) is 5. The maximum atomic E-state index is 12.5. The molecule has 0 saturated heterocycles. The van der Waals surface area contributed by atoms with Crippen molar-refractivity contribution in [3.8, 4) is 17.1 Å². The number of hydrogen-bond donors (Lipinski definition) is 1. The van der Waals surface area contributed by atoms with Crippen molar-refractivity contribution in [2.24, 2.45) is 0 Å². The van der Waals surface area contributed by atoms with Crippen molar-refractivity contribution in [1.82, 2.24) is 19.7 Å². The van der Waals surface area contributed by atoms with Gasteiger partial charge in [-0.15, -0.1) is 10.2 Å². The number of thioether (sulfide) groups is 1. The molecule has 6 nitrogen and oxygen atoms in total. The molecule has 156 valence electrons. The lowest BCUT2D eigenvalue weighted by atomic mass is 10.1. The molecule has 7 heteroatoms. The Bertz CT molecular complexity index is 1170. The van der Waals surface area contributed by atoms with E-state index >= 15 is 0 Å². The predicted molar refractivity (Wildman–Crippen MR) is 125 cm³/mol. The van der Waals surface area contributed by atoms with Crippen molar-refractivity contribution >= 4 is 23.4 Å². The Balaban J connectivity index is 1.57. The van der Waals surface area contributed by atoms with Crippen molar-refractivity contribution < 1.29 is 4.79 Å². The number of anilines is 1. The summed E-state index contributed by atoms with van der Waals surface area (Å²) in [4.78, 5) is 16.7. The van der Waals surface area contributed by atoms with Gasteiger partial charge in [-0.05, 0) is 54.8 Å². The Morgan fingerprint density at radius 3 is 2.55 bits per heavy atom. The van der Waals surface area contributed by atoms with E-state index in [-0.39, 0.29) is 11.7 Å². The number of pyridine rings is 1. The normalized spacial score (nSPS) is 10.8. The number of amides is 1. The molecule has 0 aliphatic rings. The molecule has 0 bridgehead atoms. The van der Waals surface area contributed by atoms with Crippen LogP contribution in [-0.2, 0) is 11.2 Å². The smallest absolute Gasteiger partial charge is 0.234 e. The maximum Gasteiger partial charge on any atom is 0.234 e. The van der Waals surface area contributed by atoms with E-state index in [1.807, 2.05) is 72.2 Å². The van der Waals surface area contributed by atoms with Gasteiger partial charge in [0, 0.05) is 23.6 Å². The van der Waals surface area contributed by atoms with E-state index in [1.54, 1.807) is 12.4 Å². The summed E-state index contributed by atoms with van der Waals surface area (Å²) in [5.41, 5.74) is 4.96. The molecule has 1 N–H and O–H groups in total. The number of benzene rings is 2. The van der Waals surface area contributed by atoms with E-state index < -0.39 is 0 Å². The summed E-state index contributed by atoms with van der Waals surface area (Å²) >= 11 is 1.36. The van der Waals surface area contributed by atoms with E-state index in [0.717, 1.165) is 28.9 Å². The highest BCUT2D eigenvalue weighted by Gasteiger charge is 2.18. The Labute approximate surface area is 185 Å². The van der Waals surface area contributed by atoms with Crippen LogP contribution in [0.5, 0.6) is 0 Å². The minimum atomic E-state index is -0.0866. The summed E-state index contributed by atoms with van der Waals surface area (Å²) in [5, 5.41) is 12.4. The molecule has 0 unspecified atom stereocenters. The highest BCUT2D eigenvalue weighted by Crippen LogP contribution is 2.29. The monoisotopic (exact) mass is 429 g/mol. The van der Waals surface area contributed by atoms with Gasteiger partial charge in [-0.3, -0.25) is 14.3 Å². The Kier molecular flexibility index (Phi) is 6.43. The van der Waals surface area contributed by atoms with Crippen molar-refractivity contribution in [1.29, 1.82) is 0 Å². The molecule has 2 aromatic heterocycles. The van der Waals surface area contributed by atoms with Gasteiger partial charge < -0.3 is 5.32 Å². The first-order chi connectivity index (χ1) is 15.2. The molecule has 1 amide bonds. The number of carbonyl (C=O) groups is 1. The minimum absolute atomic E-state index is 0.0866. The third kappa shape index (κ3) is 4.83. The van der Waals surface area contributed by atoms with Crippen LogP contribution in [0.1, 0.15) is 18.1 Å².